The summed E-state index contributed by atoms with van der Waals surface area (Å²) in [7, 11) is 0. The van der Waals surface area contributed by atoms with Gasteiger partial charge in [-0.15, -0.1) is 0 Å². The third kappa shape index (κ3) is 6.11. The highest BCUT2D eigenvalue weighted by Crippen LogP contribution is 2.43. The molecule has 1 N–H and O–H groups in total. The number of anilines is 1. The SMILES string of the molecule is CC1(F)[C@H](OC(=O)c2ccccc2)[C@@H](COC(=O)c2ccccc2)O[C@H]1n1ccc(NC(=O)c2ccccc2)nc1=O. The van der Waals surface area contributed by atoms with Gasteiger partial charge in [-0.05, 0) is 49.4 Å². The zero-order valence-electron chi connectivity index (χ0n) is 22.4. The van der Waals surface area contributed by atoms with Crippen LogP contribution in [0.5, 0.6) is 0 Å². The van der Waals surface area contributed by atoms with Crippen LogP contribution in [0.2, 0.25) is 0 Å². The van der Waals surface area contributed by atoms with Gasteiger partial charge in [-0.1, -0.05) is 54.6 Å². The number of hydrogen-bond acceptors (Lipinski definition) is 8. The number of esters is 2. The largest absolute Gasteiger partial charge is 0.459 e. The average molecular weight is 572 g/mol. The summed E-state index contributed by atoms with van der Waals surface area (Å²) < 4.78 is 34.2. The third-order valence-electron chi connectivity index (χ3n) is 6.67. The number of nitrogens with one attached hydrogen (secondary N) is 1. The molecule has 4 aromatic rings. The molecule has 1 saturated heterocycles. The highest BCUT2D eigenvalue weighted by atomic mass is 19.1. The highest BCUT2D eigenvalue weighted by molar-refractivity contribution is 6.03. The summed E-state index contributed by atoms with van der Waals surface area (Å²) >= 11 is 0. The van der Waals surface area contributed by atoms with Gasteiger partial charge in [-0.25, -0.2) is 18.8 Å². The number of amides is 1. The number of hydrogen-bond donors (Lipinski definition) is 1. The monoisotopic (exact) mass is 571 g/mol. The molecule has 42 heavy (non-hydrogen) atoms. The van der Waals surface area contributed by atoms with Gasteiger partial charge in [0.15, 0.2) is 18.0 Å². The third-order valence-corrected chi connectivity index (χ3v) is 6.67. The minimum atomic E-state index is -2.46. The average Bonchev–Trinajstić information content (AvgIpc) is 3.25. The van der Waals surface area contributed by atoms with Crippen LogP contribution in [-0.2, 0) is 14.2 Å². The van der Waals surface area contributed by atoms with Gasteiger partial charge in [0, 0.05) is 11.8 Å². The maximum atomic E-state index is 16.5. The summed E-state index contributed by atoms with van der Waals surface area (Å²) in [6.07, 6.45) is -3.23. The molecule has 1 aromatic heterocycles. The summed E-state index contributed by atoms with van der Waals surface area (Å²) in [5.74, 6) is -2.05. The van der Waals surface area contributed by atoms with E-state index in [1.54, 1.807) is 78.9 Å². The van der Waals surface area contributed by atoms with E-state index in [9.17, 15) is 19.2 Å². The van der Waals surface area contributed by atoms with E-state index in [-0.39, 0.29) is 16.9 Å². The second-order valence-electron chi connectivity index (χ2n) is 9.66. The van der Waals surface area contributed by atoms with Crippen molar-refractivity contribution in [3.8, 4) is 0 Å². The molecule has 5 rings (SSSR count). The Morgan fingerprint density at radius 1 is 0.881 bits per heavy atom. The minimum Gasteiger partial charge on any atom is -0.459 e. The normalized spacial score (nSPS) is 21.3. The van der Waals surface area contributed by atoms with E-state index in [0.29, 0.717) is 5.56 Å². The molecule has 11 heteroatoms. The van der Waals surface area contributed by atoms with Crippen molar-refractivity contribution in [1.82, 2.24) is 9.55 Å². The Morgan fingerprint density at radius 2 is 1.43 bits per heavy atom. The van der Waals surface area contributed by atoms with Gasteiger partial charge >= 0.3 is 17.6 Å². The Bertz CT molecular complexity index is 1630. The molecule has 214 valence electrons. The number of halogens is 1. The van der Waals surface area contributed by atoms with Crippen molar-refractivity contribution in [2.45, 2.75) is 31.0 Å². The molecule has 0 bridgehead atoms. The van der Waals surface area contributed by atoms with Crippen LogP contribution in [0, 0.1) is 0 Å². The molecule has 4 atom stereocenters. The van der Waals surface area contributed by atoms with Crippen molar-refractivity contribution >= 4 is 23.7 Å². The molecule has 1 fully saturated rings. The minimum absolute atomic E-state index is 0.0518. The first-order valence-electron chi connectivity index (χ1n) is 13.0. The first-order chi connectivity index (χ1) is 20.2. The smallest absolute Gasteiger partial charge is 0.351 e. The Kier molecular flexibility index (Phi) is 8.21. The molecule has 0 aliphatic carbocycles. The van der Waals surface area contributed by atoms with Crippen molar-refractivity contribution in [3.05, 3.63) is 130 Å². The lowest BCUT2D eigenvalue weighted by molar-refractivity contribution is -0.0648. The van der Waals surface area contributed by atoms with Crippen LogP contribution in [0.1, 0.15) is 44.2 Å². The van der Waals surface area contributed by atoms with E-state index >= 15 is 4.39 Å². The maximum absolute atomic E-state index is 16.5. The van der Waals surface area contributed by atoms with E-state index in [2.05, 4.69) is 10.3 Å². The van der Waals surface area contributed by atoms with Crippen molar-refractivity contribution in [1.29, 1.82) is 0 Å². The Morgan fingerprint density at radius 3 is 2.00 bits per heavy atom. The lowest BCUT2D eigenvalue weighted by Gasteiger charge is -2.27. The lowest BCUT2D eigenvalue weighted by Crippen LogP contribution is -2.45. The summed E-state index contributed by atoms with van der Waals surface area (Å²) in [6, 6.07) is 25.8. The van der Waals surface area contributed by atoms with Gasteiger partial charge in [0.25, 0.3) is 5.91 Å². The number of alkyl halides is 1. The molecule has 0 radical (unpaired) electrons. The second-order valence-corrected chi connectivity index (χ2v) is 9.66. The predicted molar refractivity (Wildman–Crippen MR) is 149 cm³/mol. The van der Waals surface area contributed by atoms with Gasteiger partial charge in [0.2, 0.25) is 0 Å². The first kappa shape index (κ1) is 28.4. The summed E-state index contributed by atoms with van der Waals surface area (Å²) in [4.78, 5) is 54.8. The number of carbonyl (C=O) groups excluding carboxylic acids is 3. The molecular weight excluding hydrogens is 545 g/mol. The van der Waals surface area contributed by atoms with E-state index in [0.717, 1.165) is 11.5 Å². The Hall–Kier alpha value is -5.16. The lowest BCUT2D eigenvalue weighted by atomic mass is 9.98. The Balaban J connectivity index is 1.39. The van der Waals surface area contributed by atoms with Crippen molar-refractivity contribution in [2.24, 2.45) is 0 Å². The van der Waals surface area contributed by atoms with Gasteiger partial charge in [0.05, 0.1) is 11.1 Å². The van der Waals surface area contributed by atoms with Crippen LogP contribution in [0.3, 0.4) is 0 Å². The van der Waals surface area contributed by atoms with Gasteiger partial charge < -0.3 is 19.5 Å². The number of ether oxygens (including phenoxy) is 3. The fourth-order valence-corrected chi connectivity index (χ4v) is 4.54. The molecule has 3 aromatic carbocycles. The summed E-state index contributed by atoms with van der Waals surface area (Å²) in [5, 5.41) is 2.52. The maximum Gasteiger partial charge on any atom is 0.351 e. The number of aromatic nitrogens is 2. The molecule has 10 nitrogen and oxygen atoms in total. The second kappa shape index (κ2) is 12.1. The molecule has 1 aliphatic heterocycles. The van der Waals surface area contributed by atoms with E-state index in [4.69, 9.17) is 14.2 Å². The molecule has 1 aliphatic rings. The molecule has 0 spiro atoms. The Labute approximate surface area is 239 Å². The molecule has 1 unspecified atom stereocenters. The van der Waals surface area contributed by atoms with E-state index in [1.807, 2.05) is 0 Å². The van der Waals surface area contributed by atoms with Crippen LogP contribution in [-0.4, -0.2) is 51.9 Å². The van der Waals surface area contributed by atoms with E-state index in [1.165, 1.54) is 24.4 Å². The summed E-state index contributed by atoms with van der Waals surface area (Å²) in [6.45, 7) is 0.654. The van der Waals surface area contributed by atoms with Crippen LogP contribution in [0.15, 0.2) is 108 Å². The van der Waals surface area contributed by atoms with Crippen molar-refractivity contribution in [3.63, 3.8) is 0 Å². The van der Waals surface area contributed by atoms with Crippen LogP contribution in [0.4, 0.5) is 10.2 Å². The topological polar surface area (TPSA) is 126 Å². The van der Waals surface area contributed by atoms with Gasteiger partial charge in [-0.2, -0.15) is 4.98 Å². The van der Waals surface area contributed by atoms with Crippen molar-refractivity contribution < 1.29 is 33.0 Å². The highest BCUT2D eigenvalue weighted by Gasteiger charge is 2.58. The zero-order valence-corrected chi connectivity index (χ0v) is 22.4. The molecule has 2 heterocycles. The fourth-order valence-electron chi connectivity index (χ4n) is 4.54. The summed E-state index contributed by atoms with van der Waals surface area (Å²) in [5.41, 5.74) is -2.59. The van der Waals surface area contributed by atoms with Crippen LogP contribution >= 0.6 is 0 Å². The number of nitrogens with zero attached hydrogens (tertiary/aromatic N) is 2. The molecule has 1 amide bonds. The number of carbonyl (C=O) groups is 3. The zero-order chi connectivity index (χ0) is 29.7. The first-order valence-corrected chi connectivity index (χ1v) is 13.0. The predicted octanol–water partition coefficient (Wildman–Crippen LogP) is 4.20. The molecule has 0 saturated carbocycles. The standard InChI is InChI=1S/C31H26FN3O7/c1-31(32)25(42-28(38)22-15-9-4-10-16-22)23(19-40-27(37)21-13-7-3-8-14-21)41-29(31)35-18-17-24(34-30(35)39)33-26(36)20-11-5-2-6-12-20/h2-18,23,25,29H,19H2,1H3,(H,33,34,36,39)/t23-,25-,29-,31?/m1/s1. The molecular formula is C31H26FN3O7. The van der Waals surface area contributed by atoms with Crippen LogP contribution < -0.4 is 11.0 Å². The number of benzene rings is 3. The van der Waals surface area contributed by atoms with Crippen LogP contribution in [0.25, 0.3) is 0 Å². The van der Waals surface area contributed by atoms with Gasteiger partial charge in [-0.3, -0.25) is 9.36 Å². The van der Waals surface area contributed by atoms with Gasteiger partial charge in [0.1, 0.15) is 18.5 Å². The van der Waals surface area contributed by atoms with E-state index < -0.39 is 54.2 Å². The fraction of sp³-hybridized carbons (Fsp3) is 0.194. The number of rotatable bonds is 8. The van der Waals surface area contributed by atoms with Crippen molar-refractivity contribution in [2.75, 3.05) is 11.9 Å². The quantitative estimate of drug-likeness (QED) is 0.312.